The summed E-state index contributed by atoms with van der Waals surface area (Å²) in [6, 6.07) is 15.4. The second-order valence-corrected chi connectivity index (χ2v) is 6.84. The summed E-state index contributed by atoms with van der Waals surface area (Å²) < 4.78 is 6.98. The molecule has 0 unspecified atom stereocenters. The second kappa shape index (κ2) is 6.81. The Labute approximate surface area is 136 Å². The molecule has 1 aromatic heterocycles. The summed E-state index contributed by atoms with van der Waals surface area (Å²) in [6.45, 7) is 0.257. The SMILES string of the molecule is COc1ccc(NCC(=O)Sc2nc3ccccc3s2)cc1. The standard InChI is InChI=1S/C16H14N2O2S2/c1-20-12-8-6-11(7-9-12)17-10-15(19)22-16-18-13-4-2-3-5-14(13)21-16/h2-9,17H,10H2,1H3. The number of thioether (sulfide) groups is 1. The summed E-state index contributed by atoms with van der Waals surface area (Å²) in [6.07, 6.45) is 0. The van der Waals surface area contributed by atoms with Gasteiger partial charge in [-0.1, -0.05) is 12.1 Å². The van der Waals surface area contributed by atoms with E-state index in [0.717, 1.165) is 26.0 Å². The van der Waals surface area contributed by atoms with Crippen LogP contribution in [-0.2, 0) is 4.79 Å². The summed E-state index contributed by atoms with van der Waals surface area (Å²) in [5.74, 6) is 0.792. The summed E-state index contributed by atoms with van der Waals surface area (Å²) in [4.78, 5) is 16.5. The lowest BCUT2D eigenvalue weighted by molar-refractivity contribution is -0.109. The normalized spacial score (nSPS) is 10.6. The van der Waals surface area contributed by atoms with Crippen LogP contribution in [-0.4, -0.2) is 23.8 Å². The molecule has 22 heavy (non-hydrogen) atoms. The largest absolute Gasteiger partial charge is 0.497 e. The fraction of sp³-hybridized carbons (Fsp3) is 0.125. The Bertz CT molecular complexity index is 751. The molecule has 0 aliphatic heterocycles. The Balaban J connectivity index is 1.57. The van der Waals surface area contributed by atoms with Gasteiger partial charge >= 0.3 is 0 Å². The Kier molecular flexibility index (Phi) is 4.60. The van der Waals surface area contributed by atoms with Crippen molar-refractivity contribution in [2.24, 2.45) is 0 Å². The molecule has 0 amide bonds. The predicted octanol–water partition coefficient (Wildman–Crippen LogP) is 4.04. The van der Waals surface area contributed by atoms with Crippen molar-refractivity contribution in [1.29, 1.82) is 0 Å². The zero-order valence-electron chi connectivity index (χ0n) is 11.9. The van der Waals surface area contributed by atoms with Gasteiger partial charge in [-0.3, -0.25) is 4.79 Å². The van der Waals surface area contributed by atoms with Crippen LogP contribution in [0.2, 0.25) is 0 Å². The third-order valence-corrected chi connectivity index (χ3v) is 4.97. The van der Waals surface area contributed by atoms with E-state index in [1.807, 2.05) is 48.5 Å². The molecule has 4 nitrogen and oxygen atoms in total. The molecule has 0 atom stereocenters. The van der Waals surface area contributed by atoms with E-state index in [0.29, 0.717) is 0 Å². The minimum atomic E-state index is 0.0369. The van der Waals surface area contributed by atoms with Gasteiger partial charge in [-0.2, -0.15) is 0 Å². The maximum Gasteiger partial charge on any atom is 0.214 e. The molecule has 0 fully saturated rings. The highest BCUT2D eigenvalue weighted by molar-refractivity contribution is 8.15. The van der Waals surface area contributed by atoms with Gasteiger partial charge in [0, 0.05) is 5.69 Å². The molecule has 3 rings (SSSR count). The number of thiazole rings is 1. The minimum absolute atomic E-state index is 0.0369. The van der Waals surface area contributed by atoms with Crippen LogP contribution in [0.4, 0.5) is 5.69 Å². The molecule has 0 spiro atoms. The summed E-state index contributed by atoms with van der Waals surface area (Å²) in [5, 5.41) is 3.14. The number of para-hydroxylation sites is 1. The van der Waals surface area contributed by atoms with Crippen LogP contribution in [0.3, 0.4) is 0 Å². The molecule has 0 saturated carbocycles. The molecule has 0 bridgehead atoms. The van der Waals surface area contributed by atoms with Crippen LogP contribution in [0.1, 0.15) is 0 Å². The fourth-order valence-electron chi connectivity index (χ4n) is 1.91. The Morgan fingerprint density at radius 2 is 2.00 bits per heavy atom. The quantitative estimate of drug-likeness (QED) is 0.716. The molecule has 112 valence electrons. The number of aromatic nitrogens is 1. The van der Waals surface area contributed by atoms with Crippen molar-refractivity contribution in [3.05, 3.63) is 48.5 Å². The zero-order valence-corrected chi connectivity index (χ0v) is 13.5. The predicted molar refractivity (Wildman–Crippen MR) is 92.0 cm³/mol. The van der Waals surface area contributed by atoms with Crippen LogP contribution < -0.4 is 10.1 Å². The van der Waals surface area contributed by atoms with E-state index in [1.165, 1.54) is 23.1 Å². The number of methoxy groups -OCH3 is 1. The van der Waals surface area contributed by atoms with Gasteiger partial charge in [0.2, 0.25) is 5.12 Å². The molecule has 0 aliphatic rings. The molecule has 6 heteroatoms. The van der Waals surface area contributed by atoms with Gasteiger partial charge in [0.1, 0.15) is 5.75 Å². The molecule has 0 radical (unpaired) electrons. The number of carbonyl (C=O) groups excluding carboxylic acids is 1. The minimum Gasteiger partial charge on any atom is -0.497 e. The van der Waals surface area contributed by atoms with Crippen molar-refractivity contribution in [3.63, 3.8) is 0 Å². The van der Waals surface area contributed by atoms with Gasteiger partial charge in [-0.25, -0.2) is 4.98 Å². The molecule has 0 saturated heterocycles. The number of hydrogen-bond acceptors (Lipinski definition) is 6. The van der Waals surface area contributed by atoms with Gasteiger partial charge in [0.05, 0.1) is 23.9 Å². The van der Waals surface area contributed by atoms with E-state index in [4.69, 9.17) is 4.74 Å². The monoisotopic (exact) mass is 330 g/mol. The van der Waals surface area contributed by atoms with Crippen molar-refractivity contribution in [2.75, 3.05) is 19.0 Å². The summed E-state index contributed by atoms with van der Waals surface area (Å²) >= 11 is 2.72. The number of rotatable bonds is 5. The van der Waals surface area contributed by atoms with E-state index in [2.05, 4.69) is 10.3 Å². The average molecular weight is 330 g/mol. The lowest BCUT2D eigenvalue weighted by Gasteiger charge is -2.05. The molecule has 1 heterocycles. The lowest BCUT2D eigenvalue weighted by Crippen LogP contribution is -2.10. The topological polar surface area (TPSA) is 51.2 Å². The van der Waals surface area contributed by atoms with Crippen molar-refractivity contribution in [2.45, 2.75) is 4.34 Å². The first-order valence-electron chi connectivity index (χ1n) is 6.69. The third kappa shape index (κ3) is 3.58. The number of hydrogen-bond donors (Lipinski definition) is 1. The van der Waals surface area contributed by atoms with Crippen LogP contribution in [0.15, 0.2) is 52.9 Å². The molecule has 2 aromatic carbocycles. The van der Waals surface area contributed by atoms with Crippen molar-refractivity contribution >= 4 is 44.1 Å². The van der Waals surface area contributed by atoms with Crippen LogP contribution in [0.5, 0.6) is 5.75 Å². The van der Waals surface area contributed by atoms with E-state index in [1.54, 1.807) is 7.11 Å². The lowest BCUT2D eigenvalue weighted by atomic mass is 10.3. The molecular formula is C16H14N2O2S2. The molecule has 1 N–H and O–H groups in total. The van der Waals surface area contributed by atoms with Gasteiger partial charge in [-0.15, -0.1) is 11.3 Å². The summed E-state index contributed by atoms with van der Waals surface area (Å²) in [5.41, 5.74) is 1.82. The molecular weight excluding hydrogens is 316 g/mol. The van der Waals surface area contributed by atoms with E-state index >= 15 is 0 Å². The van der Waals surface area contributed by atoms with Crippen LogP contribution in [0.25, 0.3) is 10.2 Å². The number of benzene rings is 2. The number of nitrogens with one attached hydrogen (secondary N) is 1. The number of anilines is 1. The van der Waals surface area contributed by atoms with Gasteiger partial charge < -0.3 is 10.1 Å². The number of ether oxygens (including phenoxy) is 1. The first kappa shape index (κ1) is 14.9. The van der Waals surface area contributed by atoms with Gasteiger partial charge in [0.15, 0.2) is 4.34 Å². The first-order chi connectivity index (χ1) is 10.7. The van der Waals surface area contributed by atoms with E-state index in [9.17, 15) is 4.79 Å². The molecule has 3 aromatic rings. The van der Waals surface area contributed by atoms with E-state index in [-0.39, 0.29) is 11.7 Å². The van der Waals surface area contributed by atoms with Gasteiger partial charge in [-0.05, 0) is 48.2 Å². The van der Waals surface area contributed by atoms with Gasteiger partial charge in [0.25, 0.3) is 0 Å². The highest BCUT2D eigenvalue weighted by Crippen LogP contribution is 2.29. The summed E-state index contributed by atoms with van der Waals surface area (Å²) in [7, 11) is 1.63. The maximum atomic E-state index is 12.0. The smallest absolute Gasteiger partial charge is 0.214 e. The Hall–Kier alpha value is -2.05. The maximum absolute atomic E-state index is 12.0. The number of fused-ring (bicyclic) bond motifs is 1. The zero-order chi connectivity index (χ0) is 15.4. The molecule has 0 aliphatic carbocycles. The highest BCUT2D eigenvalue weighted by atomic mass is 32.2. The van der Waals surface area contributed by atoms with Crippen LogP contribution >= 0.6 is 23.1 Å². The third-order valence-electron chi connectivity index (χ3n) is 3.00. The van der Waals surface area contributed by atoms with Crippen molar-refractivity contribution in [1.82, 2.24) is 4.98 Å². The first-order valence-corrected chi connectivity index (χ1v) is 8.32. The van der Waals surface area contributed by atoms with Crippen LogP contribution in [0, 0.1) is 0 Å². The fourth-order valence-corrected chi connectivity index (χ4v) is 3.81. The highest BCUT2D eigenvalue weighted by Gasteiger charge is 2.09. The Morgan fingerprint density at radius 1 is 1.23 bits per heavy atom. The average Bonchev–Trinajstić information content (AvgIpc) is 2.95. The number of nitrogens with zero attached hydrogens (tertiary/aromatic N) is 1. The second-order valence-electron chi connectivity index (χ2n) is 4.50. The van der Waals surface area contributed by atoms with Crippen molar-refractivity contribution < 1.29 is 9.53 Å². The Morgan fingerprint density at radius 3 is 2.73 bits per heavy atom. The van der Waals surface area contributed by atoms with Crippen molar-refractivity contribution in [3.8, 4) is 5.75 Å². The number of carbonyl (C=O) groups is 1. The van der Waals surface area contributed by atoms with E-state index < -0.39 is 0 Å².